The zero-order valence-electron chi connectivity index (χ0n) is 12.5. The molecule has 1 aliphatic rings. The Hall–Kier alpha value is -2.94. The third-order valence-electron chi connectivity index (χ3n) is 3.46. The molecule has 6 heteroatoms. The van der Waals surface area contributed by atoms with Crippen molar-refractivity contribution in [2.45, 2.75) is 12.8 Å². The fourth-order valence-corrected chi connectivity index (χ4v) is 2.47. The van der Waals surface area contributed by atoms with Crippen LogP contribution in [0.4, 0.5) is 0 Å². The van der Waals surface area contributed by atoms with E-state index in [0.29, 0.717) is 17.1 Å². The molecular weight excluding hydrogens is 284 g/mol. The second kappa shape index (κ2) is 6.22. The van der Waals surface area contributed by atoms with E-state index in [1.807, 2.05) is 6.07 Å². The summed E-state index contributed by atoms with van der Waals surface area (Å²) < 4.78 is 15.5. The van der Waals surface area contributed by atoms with Gasteiger partial charge in [0.05, 0.1) is 25.7 Å². The van der Waals surface area contributed by atoms with Crippen LogP contribution in [0.15, 0.2) is 47.1 Å². The molecule has 0 bridgehead atoms. The first-order chi connectivity index (χ1) is 10.5. The van der Waals surface area contributed by atoms with E-state index < -0.39 is 11.9 Å². The Morgan fingerprint density at radius 1 is 1.36 bits per heavy atom. The number of nitriles is 1. The molecular formula is C16H16N2O4. The summed E-state index contributed by atoms with van der Waals surface area (Å²) in [5.41, 5.74) is 6.84. The molecule has 0 spiro atoms. The Morgan fingerprint density at radius 3 is 2.64 bits per heavy atom. The molecule has 2 rings (SSSR count). The van der Waals surface area contributed by atoms with Crippen LogP contribution in [0.2, 0.25) is 0 Å². The fraction of sp³-hybridized carbons (Fsp3) is 0.250. The second-order valence-corrected chi connectivity index (χ2v) is 4.63. The van der Waals surface area contributed by atoms with Crippen LogP contribution in [0.1, 0.15) is 18.4 Å². The van der Waals surface area contributed by atoms with E-state index in [4.69, 9.17) is 19.9 Å². The van der Waals surface area contributed by atoms with Crippen molar-refractivity contribution in [3.63, 3.8) is 0 Å². The van der Waals surface area contributed by atoms with E-state index in [1.54, 1.807) is 31.2 Å². The lowest BCUT2D eigenvalue weighted by atomic mass is 9.82. The van der Waals surface area contributed by atoms with E-state index >= 15 is 0 Å². The highest BCUT2D eigenvalue weighted by Crippen LogP contribution is 2.42. The van der Waals surface area contributed by atoms with Gasteiger partial charge in [-0.05, 0) is 13.0 Å². The number of carbonyl (C=O) groups is 1. The highest BCUT2D eigenvalue weighted by atomic mass is 16.5. The zero-order valence-corrected chi connectivity index (χ0v) is 12.5. The van der Waals surface area contributed by atoms with Crippen LogP contribution >= 0.6 is 0 Å². The predicted molar refractivity (Wildman–Crippen MR) is 78.4 cm³/mol. The largest absolute Gasteiger partial charge is 0.496 e. The maximum absolute atomic E-state index is 12.2. The Bertz CT molecular complexity index is 713. The van der Waals surface area contributed by atoms with Gasteiger partial charge in [0.2, 0.25) is 5.88 Å². The topological polar surface area (TPSA) is 94.6 Å². The van der Waals surface area contributed by atoms with Crippen molar-refractivity contribution in [1.29, 1.82) is 5.26 Å². The van der Waals surface area contributed by atoms with Gasteiger partial charge in [-0.3, -0.25) is 0 Å². The number of nitrogens with zero attached hydrogens (tertiary/aromatic N) is 1. The minimum atomic E-state index is -0.692. The molecule has 1 unspecified atom stereocenters. The number of rotatable bonds is 3. The quantitative estimate of drug-likeness (QED) is 0.857. The van der Waals surface area contributed by atoms with Crippen LogP contribution in [0, 0.1) is 11.3 Å². The van der Waals surface area contributed by atoms with Crippen molar-refractivity contribution < 1.29 is 19.0 Å². The number of nitrogens with two attached hydrogens (primary N) is 1. The molecule has 6 nitrogen and oxygen atoms in total. The van der Waals surface area contributed by atoms with E-state index in [9.17, 15) is 10.1 Å². The van der Waals surface area contributed by atoms with Gasteiger partial charge >= 0.3 is 5.97 Å². The summed E-state index contributed by atoms with van der Waals surface area (Å²) in [6.45, 7) is 1.61. The Labute approximate surface area is 128 Å². The number of hydrogen-bond acceptors (Lipinski definition) is 6. The summed E-state index contributed by atoms with van der Waals surface area (Å²) >= 11 is 0. The predicted octanol–water partition coefficient (Wildman–Crippen LogP) is 1.95. The minimum Gasteiger partial charge on any atom is -0.496 e. The molecule has 0 aliphatic carbocycles. The van der Waals surface area contributed by atoms with Crippen LogP contribution in [-0.2, 0) is 14.3 Å². The third kappa shape index (κ3) is 2.49. The van der Waals surface area contributed by atoms with Gasteiger partial charge in [0.15, 0.2) is 0 Å². The summed E-state index contributed by atoms with van der Waals surface area (Å²) in [5, 5.41) is 9.43. The molecule has 1 atom stereocenters. The molecule has 22 heavy (non-hydrogen) atoms. The lowest BCUT2D eigenvalue weighted by Gasteiger charge is -2.27. The molecule has 1 heterocycles. The maximum atomic E-state index is 12.2. The van der Waals surface area contributed by atoms with Crippen molar-refractivity contribution >= 4 is 5.97 Å². The van der Waals surface area contributed by atoms with Crippen LogP contribution in [0.25, 0.3) is 0 Å². The van der Waals surface area contributed by atoms with Gasteiger partial charge in [-0.25, -0.2) is 4.79 Å². The highest BCUT2D eigenvalue weighted by molar-refractivity contribution is 5.92. The number of allylic oxidation sites excluding steroid dienone is 2. The van der Waals surface area contributed by atoms with Crippen LogP contribution < -0.4 is 10.5 Å². The van der Waals surface area contributed by atoms with Crippen LogP contribution in [0.3, 0.4) is 0 Å². The lowest BCUT2D eigenvalue weighted by molar-refractivity contribution is -0.136. The maximum Gasteiger partial charge on any atom is 0.338 e. The standard InChI is InChI=1S/C16H16N2O4/c1-9-13(16(19)21-3)14(11(8-17)15(18)22-9)10-6-4-5-7-12(10)20-2/h4-7,14H,18H2,1-3H3. The van der Waals surface area contributed by atoms with Gasteiger partial charge in [0.25, 0.3) is 0 Å². The van der Waals surface area contributed by atoms with Crippen LogP contribution in [-0.4, -0.2) is 20.2 Å². The van der Waals surface area contributed by atoms with Crippen LogP contribution in [0.5, 0.6) is 5.75 Å². The molecule has 0 aromatic heterocycles. The molecule has 114 valence electrons. The normalized spacial score (nSPS) is 17.6. The van der Waals surface area contributed by atoms with Gasteiger partial charge in [-0.2, -0.15) is 5.26 Å². The molecule has 1 aliphatic heterocycles. The molecule has 0 fully saturated rings. The molecule has 1 aromatic rings. The Balaban J connectivity index is 2.71. The third-order valence-corrected chi connectivity index (χ3v) is 3.46. The molecule has 0 radical (unpaired) electrons. The number of benzene rings is 1. The van der Waals surface area contributed by atoms with E-state index in [-0.39, 0.29) is 17.0 Å². The molecule has 2 N–H and O–H groups in total. The molecule has 1 aromatic carbocycles. The first-order valence-corrected chi connectivity index (χ1v) is 6.54. The summed E-state index contributed by atoms with van der Waals surface area (Å²) in [6.07, 6.45) is 0. The summed E-state index contributed by atoms with van der Waals surface area (Å²) in [4.78, 5) is 12.2. The smallest absolute Gasteiger partial charge is 0.338 e. The average Bonchev–Trinajstić information content (AvgIpc) is 2.53. The number of methoxy groups -OCH3 is 2. The number of esters is 1. The first-order valence-electron chi connectivity index (χ1n) is 6.54. The van der Waals surface area contributed by atoms with Crippen molar-refractivity contribution in [2.24, 2.45) is 5.73 Å². The molecule has 0 amide bonds. The van der Waals surface area contributed by atoms with Crippen molar-refractivity contribution in [3.05, 3.63) is 52.6 Å². The number of para-hydroxylation sites is 1. The lowest BCUT2D eigenvalue weighted by Crippen LogP contribution is -2.25. The fourth-order valence-electron chi connectivity index (χ4n) is 2.47. The van der Waals surface area contributed by atoms with Gasteiger partial charge < -0.3 is 19.9 Å². The van der Waals surface area contributed by atoms with E-state index in [0.717, 1.165) is 0 Å². The van der Waals surface area contributed by atoms with Gasteiger partial charge in [-0.1, -0.05) is 18.2 Å². The summed E-state index contributed by atoms with van der Waals surface area (Å²) in [6, 6.07) is 9.13. The summed E-state index contributed by atoms with van der Waals surface area (Å²) in [5.74, 6) is -0.442. The van der Waals surface area contributed by atoms with Crippen molar-refractivity contribution in [1.82, 2.24) is 0 Å². The monoisotopic (exact) mass is 300 g/mol. The van der Waals surface area contributed by atoms with E-state index in [1.165, 1.54) is 14.2 Å². The van der Waals surface area contributed by atoms with E-state index in [2.05, 4.69) is 0 Å². The first kappa shape index (κ1) is 15.4. The average molecular weight is 300 g/mol. The summed E-state index contributed by atoms with van der Waals surface area (Å²) in [7, 11) is 2.79. The number of hydrogen-bond donors (Lipinski definition) is 1. The molecule has 0 saturated carbocycles. The van der Waals surface area contributed by atoms with Gasteiger partial charge in [0, 0.05) is 5.56 Å². The zero-order chi connectivity index (χ0) is 16.3. The highest BCUT2D eigenvalue weighted by Gasteiger charge is 2.37. The number of ether oxygens (including phenoxy) is 3. The second-order valence-electron chi connectivity index (χ2n) is 4.63. The Morgan fingerprint density at radius 2 is 2.05 bits per heavy atom. The number of carbonyl (C=O) groups excluding carboxylic acids is 1. The molecule has 0 saturated heterocycles. The minimum absolute atomic E-state index is 0.0245. The van der Waals surface area contributed by atoms with Gasteiger partial charge in [-0.15, -0.1) is 0 Å². The van der Waals surface area contributed by atoms with Crippen molar-refractivity contribution in [2.75, 3.05) is 14.2 Å². The van der Waals surface area contributed by atoms with Gasteiger partial charge in [0.1, 0.15) is 23.2 Å². The SMILES string of the molecule is COC(=O)C1=C(C)OC(N)=C(C#N)C1c1ccccc1OC. The Kier molecular flexibility index (Phi) is 4.37. The van der Waals surface area contributed by atoms with Crippen molar-refractivity contribution in [3.8, 4) is 11.8 Å².